The minimum Gasteiger partial charge on any atom is -0.482 e. The number of anilines is 1. The maximum atomic E-state index is 11.9. The van der Waals surface area contributed by atoms with Gasteiger partial charge in [-0.25, -0.2) is 4.79 Å². The molecule has 1 amide bonds. The summed E-state index contributed by atoms with van der Waals surface area (Å²) in [6, 6.07) is 11.1. The van der Waals surface area contributed by atoms with Crippen molar-refractivity contribution in [1.82, 2.24) is 0 Å². The van der Waals surface area contributed by atoms with Crippen molar-refractivity contribution in [2.24, 2.45) is 0 Å². The number of nitrogens with one attached hydrogen (secondary N) is 1. The van der Waals surface area contributed by atoms with Crippen LogP contribution in [0.3, 0.4) is 0 Å². The van der Waals surface area contributed by atoms with Crippen molar-refractivity contribution in [3.63, 3.8) is 0 Å². The topological polar surface area (TPSA) is 108 Å². The van der Waals surface area contributed by atoms with Gasteiger partial charge >= 0.3 is 5.97 Å². The first kappa shape index (κ1) is 22.2. The van der Waals surface area contributed by atoms with Crippen LogP contribution in [0.5, 0.6) is 5.75 Å². The minimum absolute atomic E-state index is 0.00395. The second-order valence-electron chi connectivity index (χ2n) is 7.19. The third-order valence-corrected chi connectivity index (χ3v) is 4.11. The highest BCUT2D eigenvalue weighted by atomic mass is 35.5. The van der Waals surface area contributed by atoms with Crippen molar-refractivity contribution in [1.29, 1.82) is 0 Å². The molecule has 29 heavy (non-hydrogen) atoms. The number of nitro benzene ring substituents is 1. The lowest BCUT2D eigenvalue weighted by Crippen LogP contribution is -2.24. The quantitative estimate of drug-likeness (QED) is 0.410. The van der Waals surface area contributed by atoms with Gasteiger partial charge < -0.3 is 14.8 Å². The zero-order valence-electron chi connectivity index (χ0n) is 16.2. The van der Waals surface area contributed by atoms with E-state index in [1.165, 1.54) is 12.1 Å². The molecule has 8 nitrogen and oxygen atoms in total. The van der Waals surface area contributed by atoms with E-state index in [-0.39, 0.29) is 28.4 Å². The van der Waals surface area contributed by atoms with Crippen molar-refractivity contribution in [3.8, 4) is 5.75 Å². The van der Waals surface area contributed by atoms with Gasteiger partial charge in [-0.05, 0) is 35.2 Å². The Morgan fingerprint density at radius 2 is 1.76 bits per heavy atom. The standard InChI is InChI=1S/C20H21ClN2O6/c1-20(2,3)13-4-7-15(8-5-13)28-12-19(25)29-11-18(24)22-16-9-6-14(21)10-17(16)23(26)27/h4-10H,11-12H2,1-3H3,(H,22,24). The Morgan fingerprint density at radius 3 is 2.34 bits per heavy atom. The lowest BCUT2D eigenvalue weighted by Gasteiger charge is -2.19. The second kappa shape index (κ2) is 9.38. The number of nitrogens with zero attached hydrogens (tertiary/aromatic N) is 1. The Labute approximate surface area is 172 Å². The Bertz CT molecular complexity index is 906. The number of hydrogen-bond acceptors (Lipinski definition) is 6. The van der Waals surface area contributed by atoms with E-state index in [4.69, 9.17) is 21.1 Å². The number of esters is 1. The van der Waals surface area contributed by atoms with Crippen LogP contribution in [0.4, 0.5) is 11.4 Å². The van der Waals surface area contributed by atoms with Gasteiger partial charge in [0.15, 0.2) is 13.2 Å². The van der Waals surface area contributed by atoms with Crippen LogP contribution in [0.25, 0.3) is 0 Å². The van der Waals surface area contributed by atoms with Crippen LogP contribution in [0.2, 0.25) is 5.02 Å². The van der Waals surface area contributed by atoms with Crippen molar-refractivity contribution >= 4 is 34.9 Å². The lowest BCUT2D eigenvalue weighted by atomic mass is 9.87. The van der Waals surface area contributed by atoms with Crippen molar-refractivity contribution in [3.05, 3.63) is 63.2 Å². The third kappa shape index (κ3) is 6.76. The zero-order chi connectivity index (χ0) is 21.6. The molecule has 154 valence electrons. The van der Waals surface area contributed by atoms with Crippen LogP contribution in [0, 0.1) is 10.1 Å². The van der Waals surface area contributed by atoms with Gasteiger partial charge in [0, 0.05) is 11.1 Å². The van der Waals surface area contributed by atoms with E-state index in [2.05, 4.69) is 26.1 Å². The first-order chi connectivity index (χ1) is 13.6. The normalized spacial score (nSPS) is 10.9. The van der Waals surface area contributed by atoms with Crippen molar-refractivity contribution < 1.29 is 24.0 Å². The summed E-state index contributed by atoms with van der Waals surface area (Å²) >= 11 is 5.72. The van der Waals surface area contributed by atoms with E-state index in [1.54, 1.807) is 12.1 Å². The summed E-state index contributed by atoms with van der Waals surface area (Å²) in [5, 5.41) is 13.5. The fraction of sp³-hybridized carbons (Fsp3) is 0.300. The SMILES string of the molecule is CC(C)(C)c1ccc(OCC(=O)OCC(=O)Nc2ccc(Cl)cc2[N+](=O)[O-])cc1. The van der Waals surface area contributed by atoms with Gasteiger partial charge in [-0.1, -0.05) is 44.5 Å². The Kier molecular flexibility index (Phi) is 7.17. The molecule has 0 heterocycles. The zero-order valence-corrected chi connectivity index (χ0v) is 17.0. The van der Waals surface area contributed by atoms with E-state index in [0.717, 1.165) is 11.6 Å². The van der Waals surface area contributed by atoms with Gasteiger partial charge in [-0.2, -0.15) is 0 Å². The van der Waals surface area contributed by atoms with E-state index >= 15 is 0 Å². The number of amides is 1. The van der Waals surface area contributed by atoms with Gasteiger partial charge in [0.1, 0.15) is 11.4 Å². The molecule has 2 rings (SSSR count). The van der Waals surface area contributed by atoms with E-state index in [0.29, 0.717) is 5.75 Å². The number of carbonyl (C=O) groups excluding carboxylic acids is 2. The molecule has 0 aromatic heterocycles. The summed E-state index contributed by atoms with van der Waals surface area (Å²) < 4.78 is 10.2. The minimum atomic E-state index is -0.745. The van der Waals surface area contributed by atoms with E-state index < -0.39 is 23.4 Å². The molecule has 0 saturated carbocycles. The summed E-state index contributed by atoms with van der Waals surface area (Å²) in [6.07, 6.45) is 0. The predicted octanol–water partition coefficient (Wildman–Crippen LogP) is 4.11. The summed E-state index contributed by atoms with van der Waals surface area (Å²) in [5.74, 6) is -0.972. The summed E-state index contributed by atoms with van der Waals surface area (Å²) in [6.45, 7) is 5.28. The Hall–Kier alpha value is -3.13. The number of hydrogen-bond donors (Lipinski definition) is 1. The van der Waals surface area contributed by atoms with Crippen LogP contribution in [0.1, 0.15) is 26.3 Å². The highest BCUT2D eigenvalue weighted by molar-refractivity contribution is 6.31. The van der Waals surface area contributed by atoms with Crippen LogP contribution >= 0.6 is 11.6 Å². The molecule has 9 heteroatoms. The average molecular weight is 421 g/mol. The summed E-state index contributed by atoms with van der Waals surface area (Å²) in [5.41, 5.74) is 0.722. The maximum Gasteiger partial charge on any atom is 0.344 e. The molecule has 0 unspecified atom stereocenters. The Balaban J connectivity index is 1.82. The molecule has 0 aliphatic heterocycles. The van der Waals surface area contributed by atoms with Crippen LogP contribution in [0.15, 0.2) is 42.5 Å². The van der Waals surface area contributed by atoms with Crippen molar-refractivity contribution in [2.45, 2.75) is 26.2 Å². The van der Waals surface area contributed by atoms with E-state index in [1.807, 2.05) is 12.1 Å². The molecular formula is C20H21ClN2O6. The largest absolute Gasteiger partial charge is 0.482 e. The van der Waals surface area contributed by atoms with Gasteiger partial charge in [0.05, 0.1) is 4.92 Å². The molecule has 0 bridgehead atoms. The third-order valence-electron chi connectivity index (χ3n) is 3.87. The van der Waals surface area contributed by atoms with Crippen LogP contribution < -0.4 is 10.1 Å². The first-order valence-electron chi connectivity index (χ1n) is 8.69. The number of nitro groups is 1. The number of carbonyl (C=O) groups is 2. The highest BCUT2D eigenvalue weighted by Crippen LogP contribution is 2.27. The summed E-state index contributed by atoms with van der Waals surface area (Å²) in [7, 11) is 0. The Morgan fingerprint density at radius 1 is 1.10 bits per heavy atom. The number of halogens is 1. The fourth-order valence-corrected chi connectivity index (χ4v) is 2.50. The average Bonchev–Trinajstić information content (AvgIpc) is 2.65. The molecular weight excluding hydrogens is 400 g/mol. The molecule has 1 N–H and O–H groups in total. The first-order valence-corrected chi connectivity index (χ1v) is 9.07. The molecule has 0 atom stereocenters. The van der Waals surface area contributed by atoms with Crippen molar-refractivity contribution in [2.75, 3.05) is 18.5 Å². The molecule has 0 saturated heterocycles. The van der Waals surface area contributed by atoms with Gasteiger partial charge in [-0.15, -0.1) is 0 Å². The number of benzene rings is 2. The smallest absolute Gasteiger partial charge is 0.344 e. The second-order valence-corrected chi connectivity index (χ2v) is 7.63. The number of rotatable bonds is 7. The molecule has 0 spiro atoms. The molecule has 0 fully saturated rings. The molecule has 0 aliphatic carbocycles. The van der Waals surface area contributed by atoms with Crippen LogP contribution in [-0.2, 0) is 19.7 Å². The van der Waals surface area contributed by atoms with Gasteiger partial charge in [0.2, 0.25) is 0 Å². The lowest BCUT2D eigenvalue weighted by molar-refractivity contribution is -0.383. The van der Waals surface area contributed by atoms with Gasteiger partial charge in [0.25, 0.3) is 11.6 Å². The molecule has 0 radical (unpaired) electrons. The monoisotopic (exact) mass is 420 g/mol. The summed E-state index contributed by atoms with van der Waals surface area (Å²) in [4.78, 5) is 34.0. The number of ether oxygens (including phenoxy) is 2. The predicted molar refractivity (Wildman–Crippen MR) is 108 cm³/mol. The van der Waals surface area contributed by atoms with E-state index in [9.17, 15) is 19.7 Å². The highest BCUT2D eigenvalue weighted by Gasteiger charge is 2.18. The molecule has 2 aromatic rings. The molecule has 2 aromatic carbocycles. The maximum absolute atomic E-state index is 11.9. The van der Waals surface area contributed by atoms with Gasteiger partial charge in [-0.3, -0.25) is 14.9 Å². The molecule has 0 aliphatic rings. The fourth-order valence-electron chi connectivity index (χ4n) is 2.33. The van der Waals surface area contributed by atoms with Crippen LogP contribution in [-0.4, -0.2) is 30.0 Å².